The molecule has 1 heterocycles. The van der Waals surface area contributed by atoms with Gasteiger partial charge in [-0.1, -0.05) is 11.6 Å². The number of anilines is 2. The highest BCUT2D eigenvalue weighted by Gasteiger charge is 2.24. The molecule has 4 N–H and O–H groups in total. The Bertz CT molecular complexity index is 503. The molecule has 18 heavy (non-hydrogen) atoms. The molecule has 0 saturated heterocycles. The van der Waals surface area contributed by atoms with E-state index in [2.05, 4.69) is 10.6 Å². The molecule has 2 atom stereocenters. The first-order chi connectivity index (χ1) is 8.61. The lowest BCUT2D eigenvalue weighted by atomic mass is 10.1. The van der Waals surface area contributed by atoms with Crippen LogP contribution in [0.5, 0.6) is 0 Å². The Morgan fingerprint density at radius 1 is 1.39 bits per heavy atom. The molecule has 1 saturated carbocycles. The molecule has 5 heteroatoms. The summed E-state index contributed by atoms with van der Waals surface area (Å²) in [5.41, 5.74) is 8.65. The molecule has 1 aliphatic heterocycles. The van der Waals surface area contributed by atoms with Crippen molar-refractivity contribution in [2.24, 2.45) is 5.73 Å². The van der Waals surface area contributed by atoms with Crippen LogP contribution in [0.25, 0.3) is 0 Å². The van der Waals surface area contributed by atoms with Crippen LogP contribution in [0, 0.1) is 0 Å². The molecule has 1 aliphatic carbocycles. The van der Waals surface area contributed by atoms with Gasteiger partial charge in [0.05, 0.1) is 17.1 Å². The molecule has 0 radical (unpaired) electrons. The maximum Gasteiger partial charge on any atom is 0.228 e. The van der Waals surface area contributed by atoms with Gasteiger partial charge >= 0.3 is 0 Å². The Balaban J connectivity index is 1.81. The molecule has 2 unspecified atom stereocenters. The third kappa shape index (κ3) is 2.18. The minimum atomic E-state index is 0.0288. The summed E-state index contributed by atoms with van der Waals surface area (Å²) >= 11 is 6.23. The normalized spacial score (nSPS) is 26.0. The molecule has 0 aromatic heterocycles. The van der Waals surface area contributed by atoms with Crippen LogP contribution >= 0.6 is 11.6 Å². The Morgan fingerprint density at radius 3 is 2.94 bits per heavy atom. The maximum absolute atomic E-state index is 11.3. The highest BCUT2D eigenvalue weighted by molar-refractivity contribution is 6.33. The van der Waals surface area contributed by atoms with Crippen molar-refractivity contribution in [1.82, 2.24) is 0 Å². The molecular formula is C13H16ClN3O. The topological polar surface area (TPSA) is 67.2 Å². The zero-order chi connectivity index (χ0) is 12.7. The van der Waals surface area contributed by atoms with Crippen molar-refractivity contribution in [1.29, 1.82) is 0 Å². The lowest BCUT2D eigenvalue weighted by molar-refractivity contribution is -0.115. The molecule has 2 aliphatic rings. The van der Waals surface area contributed by atoms with Crippen molar-refractivity contribution in [3.8, 4) is 0 Å². The average molecular weight is 266 g/mol. The van der Waals surface area contributed by atoms with E-state index in [1.165, 1.54) is 0 Å². The Kier molecular flexibility index (Phi) is 2.92. The molecule has 0 bridgehead atoms. The fraction of sp³-hybridized carbons (Fsp3) is 0.462. The number of rotatable bonds is 2. The third-order valence-electron chi connectivity index (χ3n) is 3.65. The zero-order valence-corrected chi connectivity index (χ0v) is 10.8. The molecule has 1 amide bonds. The molecular weight excluding hydrogens is 250 g/mol. The van der Waals surface area contributed by atoms with Crippen molar-refractivity contribution in [2.75, 3.05) is 10.6 Å². The Labute approximate surface area is 111 Å². The van der Waals surface area contributed by atoms with E-state index in [1.807, 2.05) is 12.1 Å². The van der Waals surface area contributed by atoms with Crippen LogP contribution in [0.4, 0.5) is 11.4 Å². The lowest BCUT2D eigenvalue weighted by Gasteiger charge is -2.16. The largest absolute Gasteiger partial charge is 0.381 e. The number of nitrogens with two attached hydrogens (primary N) is 1. The molecule has 1 aromatic carbocycles. The minimum Gasteiger partial charge on any atom is -0.381 e. The van der Waals surface area contributed by atoms with Gasteiger partial charge in [-0.2, -0.15) is 0 Å². The Morgan fingerprint density at radius 2 is 2.22 bits per heavy atom. The van der Waals surface area contributed by atoms with Gasteiger partial charge in [0.1, 0.15) is 0 Å². The van der Waals surface area contributed by atoms with E-state index < -0.39 is 0 Å². The second-order valence-corrected chi connectivity index (χ2v) is 5.54. The SMILES string of the molecule is NC1CCC(Nc2cc3c(cc2Cl)NC(=O)C3)C1. The van der Waals surface area contributed by atoms with Crippen molar-refractivity contribution in [3.05, 3.63) is 22.7 Å². The van der Waals surface area contributed by atoms with Gasteiger partial charge in [-0.15, -0.1) is 0 Å². The third-order valence-corrected chi connectivity index (χ3v) is 3.96. The van der Waals surface area contributed by atoms with Crippen LogP contribution in [0.2, 0.25) is 5.02 Å². The van der Waals surface area contributed by atoms with E-state index in [4.69, 9.17) is 17.3 Å². The lowest BCUT2D eigenvalue weighted by Crippen LogP contribution is -2.20. The van der Waals surface area contributed by atoms with Gasteiger partial charge in [-0.05, 0) is 37.0 Å². The summed E-state index contributed by atoms with van der Waals surface area (Å²) < 4.78 is 0. The van der Waals surface area contributed by atoms with Gasteiger partial charge < -0.3 is 16.4 Å². The summed E-state index contributed by atoms with van der Waals surface area (Å²) in [7, 11) is 0. The number of hydrogen-bond acceptors (Lipinski definition) is 3. The van der Waals surface area contributed by atoms with Crippen LogP contribution in [0.15, 0.2) is 12.1 Å². The highest BCUT2D eigenvalue weighted by atomic mass is 35.5. The minimum absolute atomic E-state index is 0.0288. The Hall–Kier alpha value is -1.26. The fourth-order valence-corrected chi connectivity index (χ4v) is 2.94. The highest BCUT2D eigenvalue weighted by Crippen LogP contribution is 2.34. The van der Waals surface area contributed by atoms with Gasteiger partial charge in [0, 0.05) is 17.8 Å². The number of benzene rings is 1. The second-order valence-electron chi connectivity index (χ2n) is 5.13. The fourth-order valence-electron chi connectivity index (χ4n) is 2.73. The van der Waals surface area contributed by atoms with Gasteiger partial charge in [0.15, 0.2) is 0 Å². The number of carbonyl (C=O) groups excluding carboxylic acids is 1. The van der Waals surface area contributed by atoms with Crippen molar-refractivity contribution < 1.29 is 4.79 Å². The maximum atomic E-state index is 11.3. The van der Waals surface area contributed by atoms with Crippen LogP contribution in [0.3, 0.4) is 0 Å². The second kappa shape index (κ2) is 4.44. The van der Waals surface area contributed by atoms with Crippen LogP contribution in [-0.4, -0.2) is 18.0 Å². The monoisotopic (exact) mass is 265 g/mol. The molecule has 96 valence electrons. The van der Waals surface area contributed by atoms with Gasteiger partial charge in [-0.25, -0.2) is 0 Å². The van der Waals surface area contributed by atoms with E-state index in [0.717, 1.165) is 36.2 Å². The number of nitrogens with one attached hydrogen (secondary N) is 2. The summed E-state index contributed by atoms with van der Waals surface area (Å²) in [6.45, 7) is 0. The number of carbonyl (C=O) groups is 1. The van der Waals surface area contributed by atoms with E-state index in [9.17, 15) is 4.79 Å². The first-order valence-corrected chi connectivity index (χ1v) is 6.64. The van der Waals surface area contributed by atoms with Gasteiger partial charge in [0.25, 0.3) is 0 Å². The van der Waals surface area contributed by atoms with E-state index in [1.54, 1.807) is 0 Å². The number of halogens is 1. The summed E-state index contributed by atoms with van der Waals surface area (Å²) in [4.78, 5) is 11.3. The standard InChI is InChI=1S/C13H16ClN3O/c14-10-6-11-7(4-13(18)17-11)3-12(10)16-9-2-1-8(15)5-9/h3,6,8-9,16H,1-2,4-5,15H2,(H,17,18). The van der Waals surface area contributed by atoms with E-state index in [0.29, 0.717) is 23.5 Å². The first kappa shape index (κ1) is 11.8. The van der Waals surface area contributed by atoms with Gasteiger partial charge in [-0.3, -0.25) is 4.79 Å². The average Bonchev–Trinajstić information content (AvgIpc) is 2.85. The summed E-state index contributed by atoms with van der Waals surface area (Å²) in [5.74, 6) is 0.0288. The van der Waals surface area contributed by atoms with Crippen LogP contribution in [-0.2, 0) is 11.2 Å². The molecule has 3 rings (SSSR count). The summed E-state index contributed by atoms with van der Waals surface area (Å²) in [6, 6.07) is 4.47. The quantitative estimate of drug-likeness (QED) is 0.767. The number of hydrogen-bond donors (Lipinski definition) is 3. The molecule has 4 nitrogen and oxygen atoms in total. The van der Waals surface area contributed by atoms with E-state index >= 15 is 0 Å². The zero-order valence-electron chi connectivity index (χ0n) is 10.0. The predicted octanol–water partition coefficient (Wildman–Crippen LogP) is 2.13. The predicted molar refractivity (Wildman–Crippen MR) is 73.0 cm³/mol. The molecule has 0 spiro atoms. The van der Waals surface area contributed by atoms with Crippen molar-refractivity contribution in [2.45, 2.75) is 37.8 Å². The summed E-state index contributed by atoms with van der Waals surface area (Å²) in [5, 5.41) is 6.88. The summed E-state index contributed by atoms with van der Waals surface area (Å²) in [6.07, 6.45) is 3.54. The van der Waals surface area contributed by atoms with Crippen molar-refractivity contribution >= 4 is 28.9 Å². The van der Waals surface area contributed by atoms with E-state index in [-0.39, 0.29) is 5.91 Å². The van der Waals surface area contributed by atoms with Crippen LogP contribution < -0.4 is 16.4 Å². The van der Waals surface area contributed by atoms with Crippen LogP contribution in [0.1, 0.15) is 24.8 Å². The molecule has 1 aromatic rings. The first-order valence-electron chi connectivity index (χ1n) is 6.26. The van der Waals surface area contributed by atoms with Gasteiger partial charge in [0.2, 0.25) is 5.91 Å². The number of amides is 1. The van der Waals surface area contributed by atoms with Crippen molar-refractivity contribution in [3.63, 3.8) is 0 Å². The number of fused-ring (bicyclic) bond motifs is 1. The molecule has 1 fully saturated rings. The smallest absolute Gasteiger partial charge is 0.228 e.